The van der Waals surface area contributed by atoms with Crippen molar-refractivity contribution in [2.45, 2.75) is 24.2 Å². The summed E-state index contributed by atoms with van der Waals surface area (Å²) in [4.78, 5) is 12.2. The smallest absolute Gasteiger partial charge is 0.291 e. The first-order chi connectivity index (χ1) is 13.2. The molecule has 0 radical (unpaired) electrons. The number of rotatable bonds is 5. The molecule has 13 heteroatoms. The van der Waals surface area contributed by atoms with E-state index in [1.807, 2.05) is 0 Å². The van der Waals surface area contributed by atoms with Gasteiger partial charge in [0.25, 0.3) is 6.43 Å². The van der Waals surface area contributed by atoms with Crippen molar-refractivity contribution in [2.75, 3.05) is 18.4 Å². The standard InChI is InChI=1S/C15H14Cl2F2N4O3S2/c16-9-2-1-3-10(17)11(9)28(25,26)23-6-4-8(5-7-23)13(24)20-15-22-21-14(27-15)12(18)19/h1-3,8,12H,4-7H2,(H,20,22,24). The van der Waals surface area contributed by atoms with Crippen molar-refractivity contribution >= 4 is 55.6 Å². The Bertz CT molecular complexity index is 959. The Labute approximate surface area is 173 Å². The van der Waals surface area contributed by atoms with Gasteiger partial charge in [-0.15, -0.1) is 10.2 Å². The number of nitrogens with one attached hydrogen (secondary N) is 1. The Balaban J connectivity index is 1.64. The number of aromatic nitrogens is 2. The molecule has 0 spiro atoms. The molecule has 2 heterocycles. The van der Waals surface area contributed by atoms with Gasteiger partial charge in [-0.05, 0) is 25.0 Å². The molecule has 1 saturated heterocycles. The van der Waals surface area contributed by atoms with Crippen molar-refractivity contribution in [2.24, 2.45) is 5.92 Å². The van der Waals surface area contributed by atoms with Gasteiger partial charge < -0.3 is 5.32 Å². The maximum Gasteiger partial charge on any atom is 0.291 e. The van der Waals surface area contributed by atoms with Gasteiger partial charge in [0.1, 0.15) is 4.90 Å². The molecule has 1 aromatic heterocycles. The number of hydrogen-bond acceptors (Lipinski definition) is 6. The van der Waals surface area contributed by atoms with Crippen LogP contribution in [0.2, 0.25) is 10.0 Å². The average molecular weight is 471 g/mol. The Morgan fingerprint density at radius 2 is 1.82 bits per heavy atom. The number of nitrogens with zero attached hydrogens (tertiary/aromatic N) is 3. The number of amides is 1. The molecule has 2 aromatic rings. The summed E-state index contributed by atoms with van der Waals surface area (Å²) in [5.74, 6) is -0.892. The number of anilines is 1. The molecule has 1 aliphatic rings. The second kappa shape index (κ2) is 8.54. The van der Waals surface area contributed by atoms with Crippen LogP contribution >= 0.6 is 34.5 Å². The summed E-state index contributed by atoms with van der Waals surface area (Å²) in [6.07, 6.45) is -2.24. The van der Waals surface area contributed by atoms with E-state index in [9.17, 15) is 22.0 Å². The third-order valence-electron chi connectivity index (χ3n) is 4.20. The number of benzene rings is 1. The molecular formula is C15H14Cl2F2N4O3S2. The van der Waals surface area contributed by atoms with E-state index in [0.29, 0.717) is 11.3 Å². The highest BCUT2D eigenvalue weighted by atomic mass is 35.5. The zero-order chi connectivity index (χ0) is 20.5. The van der Waals surface area contributed by atoms with Crippen LogP contribution in [0.25, 0.3) is 0 Å². The Morgan fingerprint density at radius 1 is 1.21 bits per heavy atom. The van der Waals surface area contributed by atoms with E-state index in [1.54, 1.807) is 6.07 Å². The van der Waals surface area contributed by atoms with Crippen molar-refractivity contribution in [1.29, 1.82) is 0 Å². The highest BCUT2D eigenvalue weighted by molar-refractivity contribution is 7.89. The largest absolute Gasteiger partial charge is 0.300 e. The molecule has 0 saturated carbocycles. The molecule has 28 heavy (non-hydrogen) atoms. The predicted octanol–water partition coefficient (Wildman–Crippen LogP) is 3.82. The van der Waals surface area contributed by atoms with Crippen LogP contribution in [0.5, 0.6) is 0 Å². The molecule has 1 fully saturated rings. The van der Waals surface area contributed by atoms with Gasteiger partial charge in [0.05, 0.1) is 10.0 Å². The van der Waals surface area contributed by atoms with Crippen molar-refractivity contribution in [3.63, 3.8) is 0 Å². The number of sulfonamides is 1. The maximum absolute atomic E-state index is 12.8. The highest BCUT2D eigenvalue weighted by Gasteiger charge is 2.34. The van der Waals surface area contributed by atoms with Crippen molar-refractivity contribution < 1.29 is 22.0 Å². The molecule has 1 aliphatic heterocycles. The fourth-order valence-corrected chi connectivity index (χ4v) is 5.96. The van der Waals surface area contributed by atoms with Gasteiger partial charge in [0.2, 0.25) is 21.1 Å². The van der Waals surface area contributed by atoms with Crippen LogP contribution in [0.4, 0.5) is 13.9 Å². The van der Waals surface area contributed by atoms with E-state index in [0.717, 1.165) is 0 Å². The van der Waals surface area contributed by atoms with Crippen LogP contribution in [0.1, 0.15) is 24.3 Å². The van der Waals surface area contributed by atoms with E-state index in [1.165, 1.54) is 16.4 Å². The number of hydrogen-bond donors (Lipinski definition) is 1. The summed E-state index contributed by atoms with van der Waals surface area (Å²) in [6, 6.07) is 4.43. The van der Waals surface area contributed by atoms with Gasteiger partial charge in [0, 0.05) is 19.0 Å². The summed E-state index contributed by atoms with van der Waals surface area (Å²) in [7, 11) is -3.90. The highest BCUT2D eigenvalue weighted by Crippen LogP contribution is 2.33. The fraction of sp³-hybridized carbons (Fsp3) is 0.400. The number of carbonyl (C=O) groups excluding carboxylic acids is 1. The second-order valence-corrected chi connectivity index (χ2v) is 9.66. The SMILES string of the molecule is O=C(Nc1nnc(C(F)F)s1)C1CCN(S(=O)(=O)c2c(Cl)cccc2Cl)CC1. The van der Waals surface area contributed by atoms with E-state index in [-0.39, 0.29) is 46.0 Å². The average Bonchev–Trinajstić information content (AvgIpc) is 3.10. The zero-order valence-corrected chi connectivity index (χ0v) is 17.3. The lowest BCUT2D eigenvalue weighted by molar-refractivity contribution is -0.120. The van der Waals surface area contributed by atoms with Crippen LogP contribution in [0.3, 0.4) is 0 Å². The monoisotopic (exact) mass is 470 g/mol. The van der Waals surface area contributed by atoms with Crippen LogP contribution in [-0.4, -0.2) is 41.9 Å². The van der Waals surface area contributed by atoms with Gasteiger partial charge in [-0.3, -0.25) is 4.79 Å². The summed E-state index contributed by atoms with van der Waals surface area (Å²) in [5.41, 5.74) is 0. The van der Waals surface area contributed by atoms with Gasteiger partial charge in [-0.25, -0.2) is 17.2 Å². The fourth-order valence-electron chi connectivity index (χ4n) is 2.80. The first-order valence-corrected chi connectivity index (χ1v) is 11.1. The topological polar surface area (TPSA) is 92.3 Å². The number of carbonyl (C=O) groups is 1. The minimum atomic E-state index is -3.90. The van der Waals surface area contributed by atoms with E-state index >= 15 is 0 Å². The van der Waals surface area contributed by atoms with Crippen molar-refractivity contribution in [3.05, 3.63) is 33.3 Å². The predicted molar refractivity (Wildman–Crippen MR) is 101 cm³/mol. The van der Waals surface area contributed by atoms with Crippen molar-refractivity contribution in [3.8, 4) is 0 Å². The van der Waals surface area contributed by atoms with E-state index in [2.05, 4.69) is 15.5 Å². The second-order valence-electron chi connectivity index (χ2n) is 5.96. The van der Waals surface area contributed by atoms with Crippen LogP contribution in [0, 0.1) is 5.92 Å². The Morgan fingerprint density at radius 3 is 2.36 bits per heavy atom. The molecule has 1 aromatic carbocycles. The quantitative estimate of drug-likeness (QED) is 0.716. The molecule has 3 rings (SSSR count). The van der Waals surface area contributed by atoms with Gasteiger partial charge in [-0.2, -0.15) is 4.31 Å². The summed E-state index contributed by atoms with van der Waals surface area (Å²) in [6.45, 7) is 0.195. The van der Waals surface area contributed by atoms with Crippen LogP contribution < -0.4 is 5.32 Å². The summed E-state index contributed by atoms with van der Waals surface area (Å²) < 4.78 is 52.0. The Kier molecular flexibility index (Phi) is 6.50. The maximum atomic E-state index is 12.8. The zero-order valence-electron chi connectivity index (χ0n) is 14.1. The first kappa shape index (κ1) is 21.3. The number of alkyl halides is 2. The van der Waals surface area contributed by atoms with Crippen LogP contribution in [-0.2, 0) is 14.8 Å². The number of halogens is 4. The molecule has 0 atom stereocenters. The molecule has 1 N–H and O–H groups in total. The third kappa shape index (κ3) is 4.43. The molecule has 0 bridgehead atoms. The molecule has 152 valence electrons. The summed E-state index contributed by atoms with van der Waals surface area (Å²) in [5, 5.41) is 8.82. The lowest BCUT2D eigenvalue weighted by Gasteiger charge is -2.30. The normalized spacial score (nSPS) is 16.5. The minimum absolute atomic E-state index is 0.0156. The lowest BCUT2D eigenvalue weighted by Crippen LogP contribution is -2.41. The van der Waals surface area contributed by atoms with Crippen molar-refractivity contribution in [1.82, 2.24) is 14.5 Å². The van der Waals surface area contributed by atoms with E-state index in [4.69, 9.17) is 23.2 Å². The Hall–Kier alpha value is -1.40. The van der Waals surface area contributed by atoms with Gasteiger partial charge in [-0.1, -0.05) is 40.6 Å². The molecule has 1 amide bonds. The van der Waals surface area contributed by atoms with Gasteiger partial charge in [0.15, 0.2) is 5.01 Å². The molecular weight excluding hydrogens is 457 g/mol. The molecule has 7 nitrogen and oxygen atoms in total. The third-order valence-corrected chi connectivity index (χ3v) is 7.90. The van der Waals surface area contributed by atoms with Gasteiger partial charge >= 0.3 is 0 Å². The molecule has 0 aliphatic carbocycles. The first-order valence-electron chi connectivity index (χ1n) is 8.06. The molecule has 0 unspecified atom stereocenters. The number of piperidine rings is 1. The lowest BCUT2D eigenvalue weighted by atomic mass is 9.97. The summed E-state index contributed by atoms with van der Waals surface area (Å²) >= 11 is 12.6. The van der Waals surface area contributed by atoms with Crippen LogP contribution in [0.15, 0.2) is 23.1 Å². The van der Waals surface area contributed by atoms with E-state index < -0.39 is 33.3 Å². The minimum Gasteiger partial charge on any atom is -0.300 e.